The van der Waals surface area contributed by atoms with Crippen LogP contribution in [0.5, 0.6) is 0 Å². The molecule has 1 unspecified atom stereocenters. The second-order valence-corrected chi connectivity index (χ2v) is 7.16. The van der Waals surface area contributed by atoms with E-state index in [1.165, 1.54) is 22.2 Å². The molecule has 1 aromatic carbocycles. The van der Waals surface area contributed by atoms with E-state index in [2.05, 4.69) is 69.1 Å². The van der Waals surface area contributed by atoms with Gasteiger partial charge in [-0.25, -0.2) is 0 Å². The van der Waals surface area contributed by atoms with Crippen molar-refractivity contribution in [1.29, 1.82) is 0 Å². The number of fused-ring (bicyclic) bond motifs is 3. The summed E-state index contributed by atoms with van der Waals surface area (Å²) in [6.45, 7) is 13.5. The van der Waals surface area contributed by atoms with Crippen molar-refractivity contribution in [2.24, 2.45) is 10.8 Å². The number of hydrogen-bond donors (Lipinski definition) is 1. The number of H-pyrrole nitrogens is 1. The minimum Gasteiger partial charge on any atom is -0.355 e. The predicted molar refractivity (Wildman–Crippen MR) is 96.7 cm³/mol. The van der Waals surface area contributed by atoms with Gasteiger partial charge in [0.1, 0.15) is 0 Å². The third-order valence-corrected chi connectivity index (χ3v) is 5.08. The largest absolute Gasteiger partial charge is 0.355 e. The van der Waals surface area contributed by atoms with Crippen LogP contribution in [0.15, 0.2) is 30.3 Å². The molecule has 0 spiro atoms. The maximum absolute atomic E-state index is 3.56. The third kappa shape index (κ3) is 2.79. The van der Waals surface area contributed by atoms with E-state index in [1.54, 1.807) is 0 Å². The quantitative estimate of drug-likeness (QED) is 0.572. The number of para-hydroxylation sites is 1. The lowest BCUT2D eigenvalue weighted by molar-refractivity contribution is 0.113. The maximum atomic E-state index is 3.56. The van der Waals surface area contributed by atoms with Crippen molar-refractivity contribution in [3.8, 4) is 0 Å². The van der Waals surface area contributed by atoms with Gasteiger partial charge in [-0.1, -0.05) is 65.8 Å². The van der Waals surface area contributed by atoms with Crippen LogP contribution < -0.4 is 0 Å². The van der Waals surface area contributed by atoms with Crippen LogP contribution in [0.1, 0.15) is 60.6 Å². The molecule has 116 valence electrons. The molecular weight excluding hydrogens is 254 g/mol. The Balaban J connectivity index is 0.000000775. The average Bonchev–Trinajstić information content (AvgIpc) is 2.68. The normalized spacial score (nSPS) is 21.4. The molecule has 0 fully saturated rings. The number of rotatable bonds is 0. The zero-order valence-electron chi connectivity index (χ0n) is 14.4. The number of nitrogens with one attached hydrogen (secondary N) is 1. The van der Waals surface area contributed by atoms with Crippen molar-refractivity contribution >= 4 is 17.0 Å². The molecule has 1 nitrogen and oxygen atoms in total. The van der Waals surface area contributed by atoms with Crippen LogP contribution in [0.3, 0.4) is 0 Å². The molecule has 0 aliphatic heterocycles. The fraction of sp³-hybridized carbons (Fsp3) is 0.500. The van der Waals surface area contributed by atoms with Gasteiger partial charge in [0, 0.05) is 18.0 Å². The molecule has 0 amide bonds. The molecule has 1 aliphatic carbocycles. The van der Waals surface area contributed by atoms with E-state index in [0.29, 0.717) is 10.8 Å². The second-order valence-electron chi connectivity index (χ2n) is 7.16. The molecule has 0 bridgehead atoms. The van der Waals surface area contributed by atoms with Gasteiger partial charge >= 0.3 is 0 Å². The van der Waals surface area contributed by atoms with Crippen LogP contribution in [0.2, 0.25) is 0 Å². The van der Waals surface area contributed by atoms with E-state index in [9.17, 15) is 0 Å². The van der Waals surface area contributed by atoms with Crippen molar-refractivity contribution in [3.05, 3.63) is 41.6 Å². The van der Waals surface area contributed by atoms with Crippen molar-refractivity contribution in [2.75, 3.05) is 0 Å². The highest BCUT2D eigenvalue weighted by Gasteiger charge is 2.38. The minimum atomic E-state index is 0. The molecular formula is C20H31N. The smallest absolute Gasteiger partial charge is 0.0461 e. The van der Waals surface area contributed by atoms with Gasteiger partial charge in [-0.2, -0.15) is 0 Å². The summed E-state index contributed by atoms with van der Waals surface area (Å²) in [5.74, 6) is 0. The van der Waals surface area contributed by atoms with Gasteiger partial charge in [0.25, 0.3) is 0 Å². The number of benzene rings is 1. The lowest BCUT2D eigenvalue weighted by Gasteiger charge is -2.41. The molecule has 0 saturated carbocycles. The molecule has 1 aromatic heterocycles. The van der Waals surface area contributed by atoms with Crippen LogP contribution in [-0.2, 0) is 6.42 Å². The van der Waals surface area contributed by atoms with E-state index < -0.39 is 0 Å². The van der Waals surface area contributed by atoms with Gasteiger partial charge in [-0.3, -0.25) is 0 Å². The Kier molecular flexibility index (Phi) is 4.32. The van der Waals surface area contributed by atoms with Gasteiger partial charge < -0.3 is 4.98 Å². The first kappa shape index (κ1) is 15.9. The standard InChI is InChI=1S/C18H23N.C2H6.H2/c1-17(2,3)18(4)11-7-10-16-14(12-18)13-8-5-6-9-15(13)19-16;1-2;/h5-10,19H,11-12H2,1-4H3;1-2H3;1H. The molecule has 2 aromatic rings. The van der Waals surface area contributed by atoms with E-state index in [0.717, 1.165) is 12.8 Å². The van der Waals surface area contributed by atoms with Gasteiger partial charge in [0.15, 0.2) is 0 Å². The van der Waals surface area contributed by atoms with Crippen LogP contribution in [0.25, 0.3) is 17.0 Å². The van der Waals surface area contributed by atoms with Crippen LogP contribution in [-0.4, -0.2) is 4.98 Å². The summed E-state index contributed by atoms with van der Waals surface area (Å²) < 4.78 is 0. The second kappa shape index (κ2) is 5.71. The van der Waals surface area contributed by atoms with Crippen molar-refractivity contribution in [1.82, 2.24) is 4.98 Å². The van der Waals surface area contributed by atoms with Crippen molar-refractivity contribution in [3.63, 3.8) is 0 Å². The molecule has 1 aliphatic rings. The van der Waals surface area contributed by atoms with Crippen molar-refractivity contribution < 1.29 is 1.43 Å². The first-order valence-electron chi connectivity index (χ1n) is 8.17. The molecule has 3 rings (SSSR count). The molecule has 0 radical (unpaired) electrons. The highest BCUT2D eigenvalue weighted by molar-refractivity contribution is 5.87. The van der Waals surface area contributed by atoms with Crippen LogP contribution in [0, 0.1) is 10.8 Å². The van der Waals surface area contributed by atoms with Crippen LogP contribution in [0.4, 0.5) is 0 Å². The third-order valence-electron chi connectivity index (χ3n) is 5.08. The molecule has 0 saturated heterocycles. The Hall–Kier alpha value is -1.50. The molecule has 1 heteroatoms. The predicted octanol–water partition coefficient (Wildman–Crippen LogP) is 6.45. The van der Waals surface area contributed by atoms with Gasteiger partial charge in [0.2, 0.25) is 0 Å². The lowest BCUT2D eigenvalue weighted by atomic mass is 9.63. The Morgan fingerprint density at radius 3 is 2.48 bits per heavy atom. The summed E-state index contributed by atoms with van der Waals surface area (Å²) in [5.41, 5.74) is 4.66. The Labute approximate surface area is 130 Å². The highest BCUT2D eigenvalue weighted by Crippen LogP contribution is 2.47. The molecule has 21 heavy (non-hydrogen) atoms. The minimum absolute atomic E-state index is 0. The molecule has 1 N–H and O–H groups in total. The first-order valence-corrected chi connectivity index (χ1v) is 8.17. The SMILES string of the molecule is CC.CC(C)(C)C1(C)CC=Cc2[nH]c3ccccc3c2C1.[HH]. The summed E-state index contributed by atoms with van der Waals surface area (Å²) in [5, 5.41) is 1.39. The monoisotopic (exact) mass is 285 g/mol. The Bertz CT molecular complexity index is 645. The fourth-order valence-corrected chi connectivity index (χ4v) is 3.02. The fourth-order valence-electron chi connectivity index (χ4n) is 3.02. The Morgan fingerprint density at radius 2 is 1.81 bits per heavy atom. The molecule has 1 atom stereocenters. The van der Waals surface area contributed by atoms with E-state index in [4.69, 9.17) is 0 Å². The first-order chi connectivity index (χ1) is 9.91. The van der Waals surface area contributed by atoms with Crippen molar-refractivity contribution in [2.45, 2.75) is 54.4 Å². The summed E-state index contributed by atoms with van der Waals surface area (Å²) in [7, 11) is 0. The number of aromatic amines is 1. The summed E-state index contributed by atoms with van der Waals surface area (Å²) in [4.78, 5) is 3.56. The zero-order valence-corrected chi connectivity index (χ0v) is 14.4. The van der Waals surface area contributed by atoms with Crippen LogP contribution >= 0.6 is 0 Å². The summed E-state index contributed by atoms with van der Waals surface area (Å²) in [6, 6.07) is 8.66. The summed E-state index contributed by atoms with van der Waals surface area (Å²) >= 11 is 0. The van der Waals surface area contributed by atoms with Gasteiger partial charge in [-0.15, -0.1) is 0 Å². The number of hydrogen-bond acceptors (Lipinski definition) is 0. The highest BCUT2D eigenvalue weighted by atomic mass is 14.7. The van der Waals surface area contributed by atoms with Gasteiger partial charge in [-0.05, 0) is 41.4 Å². The lowest BCUT2D eigenvalue weighted by Crippen LogP contribution is -2.34. The molecule has 1 heterocycles. The number of aromatic nitrogens is 1. The van der Waals surface area contributed by atoms with E-state index >= 15 is 0 Å². The van der Waals surface area contributed by atoms with E-state index in [-0.39, 0.29) is 1.43 Å². The maximum Gasteiger partial charge on any atom is 0.0461 e. The van der Waals surface area contributed by atoms with E-state index in [1.807, 2.05) is 13.8 Å². The van der Waals surface area contributed by atoms with Gasteiger partial charge in [0.05, 0.1) is 0 Å². The number of allylic oxidation sites excluding steroid dienone is 1. The zero-order chi connectivity index (χ0) is 15.7. The Morgan fingerprint density at radius 1 is 1.14 bits per heavy atom. The average molecular weight is 285 g/mol. The summed E-state index contributed by atoms with van der Waals surface area (Å²) in [6.07, 6.45) is 6.90. The topological polar surface area (TPSA) is 15.8 Å².